The molecule has 1 aliphatic carbocycles. The Hall–Kier alpha value is -1.07. The van der Waals surface area contributed by atoms with Gasteiger partial charge in [-0.25, -0.2) is 4.68 Å². The monoisotopic (exact) mass is 244 g/mol. The Balaban J connectivity index is 0.00000128. The van der Waals surface area contributed by atoms with Crippen molar-refractivity contribution < 1.29 is 4.79 Å². The second-order valence-corrected chi connectivity index (χ2v) is 3.99. The van der Waals surface area contributed by atoms with Crippen LogP contribution in [0.4, 0.5) is 5.82 Å². The summed E-state index contributed by atoms with van der Waals surface area (Å²) < 4.78 is 1.87. The predicted molar refractivity (Wildman–Crippen MR) is 64.6 cm³/mol. The zero-order chi connectivity index (χ0) is 10.8. The summed E-state index contributed by atoms with van der Waals surface area (Å²) >= 11 is 0. The predicted octanol–water partition coefficient (Wildman–Crippen LogP) is 1.17. The third kappa shape index (κ3) is 2.74. The van der Waals surface area contributed by atoms with Gasteiger partial charge in [-0.1, -0.05) is 0 Å². The second-order valence-electron chi connectivity index (χ2n) is 3.99. The van der Waals surface area contributed by atoms with Crippen molar-refractivity contribution in [3.8, 4) is 0 Å². The maximum Gasteiger partial charge on any atom is 0.239 e. The van der Waals surface area contributed by atoms with Gasteiger partial charge in [0, 0.05) is 6.07 Å². The lowest BCUT2D eigenvalue weighted by atomic mass is 10.2. The summed E-state index contributed by atoms with van der Waals surface area (Å²) in [6.45, 7) is 2.13. The number of halogens is 1. The van der Waals surface area contributed by atoms with E-state index in [1.54, 1.807) is 12.3 Å². The molecule has 0 aromatic carbocycles. The van der Waals surface area contributed by atoms with Gasteiger partial charge in [-0.2, -0.15) is 5.10 Å². The molecule has 1 amide bonds. The number of nitrogens with two attached hydrogens (primary N) is 1. The summed E-state index contributed by atoms with van der Waals surface area (Å²) in [6, 6.07) is 2.15. The van der Waals surface area contributed by atoms with Crippen LogP contribution >= 0.6 is 12.4 Å². The fourth-order valence-electron chi connectivity index (χ4n) is 1.71. The number of carbonyl (C=O) groups excluding carboxylic acids is 1. The van der Waals surface area contributed by atoms with E-state index in [1.165, 1.54) is 12.8 Å². The molecule has 2 rings (SSSR count). The van der Waals surface area contributed by atoms with Crippen molar-refractivity contribution in [2.75, 3.05) is 11.9 Å². The molecule has 0 spiro atoms. The first kappa shape index (κ1) is 13.0. The molecule has 0 radical (unpaired) electrons. The largest absolute Gasteiger partial charge is 0.322 e. The molecular weight excluding hydrogens is 228 g/mol. The van der Waals surface area contributed by atoms with E-state index in [9.17, 15) is 4.79 Å². The molecule has 0 aliphatic heterocycles. The first-order valence-electron chi connectivity index (χ1n) is 5.26. The Labute approximate surface area is 101 Å². The van der Waals surface area contributed by atoms with Gasteiger partial charge >= 0.3 is 0 Å². The lowest BCUT2D eigenvalue weighted by Gasteiger charge is -2.14. The topological polar surface area (TPSA) is 72.9 Å². The molecule has 90 valence electrons. The zero-order valence-corrected chi connectivity index (χ0v) is 10.0. The van der Waals surface area contributed by atoms with Gasteiger partial charge in [0.1, 0.15) is 5.82 Å². The smallest absolute Gasteiger partial charge is 0.239 e. The van der Waals surface area contributed by atoms with E-state index in [0.29, 0.717) is 12.0 Å². The number of rotatable bonds is 4. The molecular formula is C10H17ClN4O. The Morgan fingerprint density at radius 2 is 2.44 bits per heavy atom. The zero-order valence-electron chi connectivity index (χ0n) is 9.22. The first-order chi connectivity index (χ1) is 7.22. The quantitative estimate of drug-likeness (QED) is 0.835. The van der Waals surface area contributed by atoms with Crippen LogP contribution in [0.25, 0.3) is 0 Å². The number of nitrogens with one attached hydrogen (secondary N) is 1. The van der Waals surface area contributed by atoms with Crippen LogP contribution in [0, 0.1) is 5.92 Å². The molecule has 1 saturated carbocycles. The molecule has 1 fully saturated rings. The number of anilines is 1. The summed E-state index contributed by atoms with van der Waals surface area (Å²) in [5.74, 6) is 1.27. The summed E-state index contributed by atoms with van der Waals surface area (Å²) in [7, 11) is 0. The molecule has 1 aromatic heterocycles. The van der Waals surface area contributed by atoms with E-state index in [0.717, 1.165) is 5.82 Å². The summed E-state index contributed by atoms with van der Waals surface area (Å²) in [4.78, 5) is 11.2. The molecule has 1 aromatic rings. The average molecular weight is 245 g/mol. The molecule has 0 bridgehead atoms. The number of amides is 1. The number of nitrogens with zero attached hydrogens (tertiary/aromatic N) is 2. The van der Waals surface area contributed by atoms with Crippen LogP contribution in [-0.2, 0) is 4.79 Å². The van der Waals surface area contributed by atoms with Crippen molar-refractivity contribution in [2.24, 2.45) is 11.7 Å². The van der Waals surface area contributed by atoms with Crippen LogP contribution in [0.15, 0.2) is 12.3 Å². The minimum absolute atomic E-state index is 0. The average Bonchev–Trinajstić information content (AvgIpc) is 2.99. The minimum Gasteiger partial charge on any atom is -0.322 e. The second kappa shape index (κ2) is 5.32. The van der Waals surface area contributed by atoms with Crippen molar-refractivity contribution in [3.63, 3.8) is 0 Å². The fourth-order valence-corrected chi connectivity index (χ4v) is 1.71. The van der Waals surface area contributed by atoms with E-state index in [-0.39, 0.29) is 24.9 Å². The van der Waals surface area contributed by atoms with Gasteiger partial charge in [-0.05, 0) is 25.7 Å². The Bertz CT molecular complexity index is 361. The van der Waals surface area contributed by atoms with Gasteiger partial charge in [0.15, 0.2) is 0 Å². The molecule has 3 N–H and O–H groups in total. The highest BCUT2D eigenvalue weighted by Gasteiger charge is 2.30. The third-order valence-electron chi connectivity index (χ3n) is 2.81. The molecule has 5 nitrogen and oxygen atoms in total. The molecule has 16 heavy (non-hydrogen) atoms. The van der Waals surface area contributed by atoms with Crippen molar-refractivity contribution in [1.29, 1.82) is 0 Å². The van der Waals surface area contributed by atoms with Crippen molar-refractivity contribution >= 4 is 24.1 Å². The van der Waals surface area contributed by atoms with Crippen LogP contribution in [0.5, 0.6) is 0 Å². The van der Waals surface area contributed by atoms with Gasteiger partial charge < -0.3 is 11.1 Å². The van der Waals surface area contributed by atoms with Crippen LogP contribution < -0.4 is 11.1 Å². The Kier molecular flexibility index (Phi) is 4.32. The van der Waals surface area contributed by atoms with Gasteiger partial charge in [-0.3, -0.25) is 4.79 Å². The van der Waals surface area contributed by atoms with Crippen LogP contribution in [0.3, 0.4) is 0 Å². The Morgan fingerprint density at radius 1 is 1.75 bits per heavy atom. The van der Waals surface area contributed by atoms with Gasteiger partial charge in [0.05, 0.1) is 18.8 Å². The highest BCUT2D eigenvalue weighted by Crippen LogP contribution is 2.40. The van der Waals surface area contributed by atoms with Crippen molar-refractivity contribution in [1.82, 2.24) is 9.78 Å². The van der Waals surface area contributed by atoms with Gasteiger partial charge in [0.25, 0.3) is 0 Å². The Morgan fingerprint density at radius 3 is 3.00 bits per heavy atom. The standard InChI is InChI=1S/C10H16N4O.ClH/c1-7(8-2-3-8)14-9(4-5-12-14)13-10(15)6-11;/h4-5,7-8H,2-3,6,11H2,1H3,(H,13,15);1H. The molecule has 1 unspecified atom stereocenters. The first-order valence-corrected chi connectivity index (χ1v) is 5.26. The van der Waals surface area contributed by atoms with Crippen molar-refractivity contribution in [3.05, 3.63) is 12.3 Å². The van der Waals surface area contributed by atoms with Crippen LogP contribution in [-0.4, -0.2) is 22.2 Å². The van der Waals surface area contributed by atoms with Gasteiger partial charge in [0.2, 0.25) is 5.91 Å². The normalized spacial score (nSPS) is 16.4. The van der Waals surface area contributed by atoms with E-state index < -0.39 is 0 Å². The van der Waals surface area contributed by atoms with Gasteiger partial charge in [-0.15, -0.1) is 12.4 Å². The molecule has 1 heterocycles. The van der Waals surface area contributed by atoms with E-state index in [4.69, 9.17) is 5.73 Å². The molecule has 1 atom stereocenters. The van der Waals surface area contributed by atoms with Crippen LogP contribution in [0.1, 0.15) is 25.8 Å². The number of carbonyl (C=O) groups is 1. The van der Waals surface area contributed by atoms with E-state index in [1.807, 2.05) is 4.68 Å². The molecule has 1 aliphatic rings. The minimum atomic E-state index is -0.181. The fraction of sp³-hybridized carbons (Fsp3) is 0.600. The maximum atomic E-state index is 11.2. The maximum absolute atomic E-state index is 11.2. The SMILES string of the molecule is CC(C1CC1)n1nccc1NC(=O)CN.Cl. The molecule has 6 heteroatoms. The lowest BCUT2D eigenvalue weighted by molar-refractivity contribution is -0.114. The van der Waals surface area contributed by atoms with E-state index >= 15 is 0 Å². The lowest BCUT2D eigenvalue weighted by Crippen LogP contribution is -2.24. The van der Waals surface area contributed by atoms with Crippen LogP contribution in [0.2, 0.25) is 0 Å². The molecule has 0 saturated heterocycles. The number of hydrogen-bond donors (Lipinski definition) is 2. The van der Waals surface area contributed by atoms with E-state index in [2.05, 4.69) is 17.3 Å². The number of aromatic nitrogens is 2. The highest BCUT2D eigenvalue weighted by molar-refractivity contribution is 5.91. The van der Waals surface area contributed by atoms with Crippen molar-refractivity contribution in [2.45, 2.75) is 25.8 Å². The highest BCUT2D eigenvalue weighted by atomic mass is 35.5. The summed E-state index contributed by atoms with van der Waals surface area (Å²) in [5, 5.41) is 6.97. The summed E-state index contributed by atoms with van der Waals surface area (Å²) in [5.41, 5.74) is 5.25. The number of hydrogen-bond acceptors (Lipinski definition) is 3. The third-order valence-corrected chi connectivity index (χ3v) is 2.81. The summed E-state index contributed by atoms with van der Waals surface area (Å²) in [6.07, 6.45) is 4.21.